The maximum Gasteiger partial charge on any atom is 0.164 e. The number of fused-ring (bicyclic) bond motifs is 10. The minimum atomic E-state index is 0.604. The number of hydrogen-bond donors (Lipinski definition) is 0. The van der Waals surface area contributed by atoms with Crippen molar-refractivity contribution in [3.05, 3.63) is 243 Å². The van der Waals surface area contributed by atoms with Crippen molar-refractivity contribution in [2.45, 2.75) is 0 Å². The third kappa shape index (κ3) is 6.35. The molecule has 0 spiro atoms. The summed E-state index contributed by atoms with van der Waals surface area (Å²) < 4.78 is 4.71. The smallest absolute Gasteiger partial charge is 0.164 e. The van der Waals surface area contributed by atoms with Crippen molar-refractivity contribution in [2.24, 2.45) is 0 Å². The molecule has 0 atom stereocenters. The Kier molecular flexibility index (Phi) is 9.10. The maximum atomic E-state index is 5.58. The lowest BCUT2D eigenvalue weighted by atomic mass is 9.93. The summed E-state index contributed by atoms with van der Waals surface area (Å²) in [4.78, 5) is 20.9. The van der Waals surface area contributed by atoms with Crippen LogP contribution in [0.1, 0.15) is 0 Å². The molecule has 0 unspecified atom stereocenters. The highest BCUT2D eigenvalue weighted by Crippen LogP contribution is 2.44. The number of para-hydroxylation sites is 5. The molecule has 0 amide bonds. The van der Waals surface area contributed by atoms with E-state index in [9.17, 15) is 0 Å². The van der Waals surface area contributed by atoms with Crippen LogP contribution in [0.5, 0.6) is 0 Å². The average molecular weight is 893 g/mol. The van der Waals surface area contributed by atoms with E-state index < -0.39 is 0 Å². The Morgan fingerprint density at radius 3 is 1.30 bits per heavy atom. The van der Waals surface area contributed by atoms with Gasteiger partial charge in [-0.05, 0) is 66.2 Å². The van der Waals surface area contributed by atoms with Gasteiger partial charge in [0.05, 0.1) is 33.3 Å². The summed E-state index contributed by atoms with van der Waals surface area (Å²) in [6.45, 7) is 0. The van der Waals surface area contributed by atoms with E-state index in [1.165, 1.54) is 43.5 Å². The normalized spacial score (nSPS) is 11.7. The van der Waals surface area contributed by atoms with E-state index in [0.717, 1.165) is 72.3 Å². The quantitative estimate of drug-likeness (QED) is 0.150. The van der Waals surface area contributed by atoms with E-state index in [1.807, 2.05) is 30.3 Å². The van der Waals surface area contributed by atoms with Crippen LogP contribution in [0.15, 0.2) is 243 Å². The van der Waals surface area contributed by atoms with Gasteiger partial charge < -0.3 is 9.13 Å². The molecule has 6 heteroatoms. The second kappa shape index (κ2) is 16.1. The fourth-order valence-electron chi connectivity index (χ4n) is 10.6. The van der Waals surface area contributed by atoms with E-state index in [-0.39, 0.29) is 0 Å². The van der Waals surface area contributed by atoms with Crippen molar-refractivity contribution in [3.63, 3.8) is 0 Å². The van der Waals surface area contributed by atoms with Gasteiger partial charge in [0.2, 0.25) is 0 Å². The Morgan fingerprint density at radius 1 is 0.243 bits per heavy atom. The Morgan fingerprint density at radius 2 is 0.686 bits per heavy atom. The Hall–Kier alpha value is -9.52. The molecule has 14 rings (SSSR count). The first-order valence-corrected chi connectivity index (χ1v) is 23.6. The number of nitrogens with zero attached hydrogens (tertiary/aromatic N) is 6. The lowest BCUT2D eigenvalue weighted by molar-refractivity contribution is 1.07. The summed E-state index contributed by atoms with van der Waals surface area (Å²) in [5, 5.41) is 8.31. The lowest BCUT2D eigenvalue weighted by Gasteiger charge is -2.15. The Labute approximate surface area is 403 Å². The topological polar surface area (TPSA) is 61.4 Å². The molecule has 0 aliphatic heterocycles. The lowest BCUT2D eigenvalue weighted by Crippen LogP contribution is -2.00. The van der Waals surface area contributed by atoms with Gasteiger partial charge in [0.1, 0.15) is 0 Å². The maximum absolute atomic E-state index is 5.58. The molecule has 4 aromatic heterocycles. The van der Waals surface area contributed by atoms with Crippen LogP contribution in [0, 0.1) is 0 Å². The largest absolute Gasteiger partial charge is 0.309 e. The standard InChI is InChI=1S/C64H40N6/c1-4-17-42(18-5-1)60-53-39-40-57-59(51-25-12-15-30-56(51)70(57)46-21-8-3-9-22-46)58(53)52-27-16-26-48(61(52)65-60)41-31-33-44(34-32-41)63-66-62(43-19-6-2-7-20-43)67-64(68-63)45-35-37-47(38-36-45)69-54-28-13-10-23-49(54)50-24-11-14-29-55(50)69/h1-40H. The van der Waals surface area contributed by atoms with Crippen molar-refractivity contribution in [2.75, 3.05) is 0 Å². The summed E-state index contributed by atoms with van der Waals surface area (Å²) in [7, 11) is 0. The monoisotopic (exact) mass is 892 g/mol. The van der Waals surface area contributed by atoms with E-state index >= 15 is 0 Å². The number of hydrogen-bond acceptors (Lipinski definition) is 4. The SMILES string of the molecule is c1ccc(-c2nc(-c3ccc(-c4cccc5c4nc(-c4ccccc4)c4ccc6c(c7ccccc7n6-c6ccccc6)c45)cc3)nc(-c3ccc(-n4c5ccccc5c5ccccc54)cc3)n2)cc1. The van der Waals surface area contributed by atoms with Crippen LogP contribution < -0.4 is 0 Å². The zero-order valence-corrected chi connectivity index (χ0v) is 37.8. The molecule has 0 fully saturated rings. The molecular weight excluding hydrogens is 853 g/mol. The molecule has 0 N–H and O–H groups in total. The van der Waals surface area contributed by atoms with Crippen LogP contribution >= 0.6 is 0 Å². The molecule has 0 aliphatic rings. The Balaban J connectivity index is 0.910. The predicted octanol–water partition coefficient (Wildman–Crippen LogP) is 16.1. The average Bonchev–Trinajstić information content (AvgIpc) is 3.96. The third-order valence-electron chi connectivity index (χ3n) is 13.8. The fourth-order valence-corrected chi connectivity index (χ4v) is 10.6. The van der Waals surface area contributed by atoms with Crippen LogP contribution in [-0.2, 0) is 0 Å². The zero-order chi connectivity index (χ0) is 46.1. The van der Waals surface area contributed by atoms with Gasteiger partial charge >= 0.3 is 0 Å². The molecule has 0 bridgehead atoms. The second-order valence-corrected chi connectivity index (χ2v) is 17.8. The van der Waals surface area contributed by atoms with Crippen molar-refractivity contribution in [1.82, 2.24) is 29.1 Å². The molecule has 6 nitrogen and oxygen atoms in total. The number of benzene rings is 10. The van der Waals surface area contributed by atoms with Gasteiger partial charge in [-0.1, -0.05) is 182 Å². The molecular formula is C64H40N6. The Bertz CT molecular complexity index is 4260. The molecule has 326 valence electrons. The molecule has 4 heterocycles. The summed E-state index contributed by atoms with van der Waals surface area (Å²) >= 11 is 0. The first-order chi connectivity index (χ1) is 34.7. The van der Waals surface area contributed by atoms with Crippen molar-refractivity contribution >= 4 is 65.3 Å². The van der Waals surface area contributed by atoms with Gasteiger partial charge in [-0.25, -0.2) is 19.9 Å². The molecule has 10 aromatic carbocycles. The van der Waals surface area contributed by atoms with Gasteiger partial charge in [-0.3, -0.25) is 0 Å². The van der Waals surface area contributed by atoms with Gasteiger partial charge in [0.25, 0.3) is 0 Å². The van der Waals surface area contributed by atoms with Crippen molar-refractivity contribution in [1.29, 1.82) is 0 Å². The van der Waals surface area contributed by atoms with Crippen LogP contribution in [0.25, 0.3) is 133 Å². The van der Waals surface area contributed by atoms with E-state index in [1.54, 1.807) is 0 Å². The van der Waals surface area contributed by atoms with E-state index in [2.05, 4.69) is 221 Å². The van der Waals surface area contributed by atoms with Gasteiger partial charge in [-0.2, -0.15) is 0 Å². The summed E-state index contributed by atoms with van der Waals surface area (Å²) in [6, 6.07) is 85.5. The summed E-state index contributed by atoms with van der Waals surface area (Å²) in [5.41, 5.74) is 14.7. The highest BCUT2D eigenvalue weighted by Gasteiger charge is 2.21. The van der Waals surface area contributed by atoms with Crippen LogP contribution in [0.2, 0.25) is 0 Å². The molecule has 0 saturated carbocycles. The summed E-state index contributed by atoms with van der Waals surface area (Å²) in [5.74, 6) is 1.84. The van der Waals surface area contributed by atoms with Gasteiger partial charge in [0.15, 0.2) is 17.5 Å². The van der Waals surface area contributed by atoms with Crippen molar-refractivity contribution < 1.29 is 0 Å². The number of pyridine rings is 1. The molecule has 0 radical (unpaired) electrons. The second-order valence-electron chi connectivity index (χ2n) is 17.8. The molecule has 0 aliphatic carbocycles. The number of aromatic nitrogens is 6. The van der Waals surface area contributed by atoms with E-state index in [0.29, 0.717) is 17.5 Å². The molecule has 0 saturated heterocycles. The van der Waals surface area contributed by atoms with Crippen molar-refractivity contribution in [3.8, 4) is 67.9 Å². The van der Waals surface area contributed by atoms with Crippen LogP contribution in [0.4, 0.5) is 0 Å². The minimum absolute atomic E-state index is 0.604. The summed E-state index contributed by atoms with van der Waals surface area (Å²) in [6.07, 6.45) is 0. The first kappa shape index (κ1) is 39.6. The zero-order valence-electron chi connectivity index (χ0n) is 37.8. The third-order valence-corrected chi connectivity index (χ3v) is 13.8. The number of rotatable bonds is 7. The first-order valence-electron chi connectivity index (χ1n) is 23.6. The molecule has 70 heavy (non-hydrogen) atoms. The van der Waals surface area contributed by atoms with E-state index in [4.69, 9.17) is 19.9 Å². The molecule has 14 aromatic rings. The predicted molar refractivity (Wildman–Crippen MR) is 288 cm³/mol. The minimum Gasteiger partial charge on any atom is -0.309 e. The van der Waals surface area contributed by atoms with Crippen LogP contribution in [-0.4, -0.2) is 29.1 Å². The highest BCUT2D eigenvalue weighted by molar-refractivity contribution is 6.30. The van der Waals surface area contributed by atoms with Gasteiger partial charge in [-0.15, -0.1) is 0 Å². The van der Waals surface area contributed by atoms with Gasteiger partial charge in [0, 0.05) is 76.9 Å². The van der Waals surface area contributed by atoms with Crippen LogP contribution in [0.3, 0.4) is 0 Å². The fraction of sp³-hybridized carbons (Fsp3) is 0. The highest BCUT2D eigenvalue weighted by atomic mass is 15.0.